The lowest BCUT2D eigenvalue weighted by atomic mass is 10.2. The van der Waals surface area contributed by atoms with Gasteiger partial charge < -0.3 is 10.2 Å². The number of benzene rings is 3. The van der Waals surface area contributed by atoms with Crippen LogP contribution in [-0.2, 0) is 6.54 Å². The summed E-state index contributed by atoms with van der Waals surface area (Å²) in [5.74, 6) is 0.134. The standard InChI is InChI=1S/C21H18N2O2/c24-21(19-9-5-2-6-10-19)25-20-13-11-18(12-14-20)16-23-22-15-17-7-3-1-4-8-17/h1-14,16,22H,15H2. The van der Waals surface area contributed by atoms with Gasteiger partial charge in [0.2, 0.25) is 0 Å². The van der Waals surface area contributed by atoms with Gasteiger partial charge in [-0.25, -0.2) is 4.79 Å². The van der Waals surface area contributed by atoms with Crippen LogP contribution in [0, 0.1) is 0 Å². The molecule has 25 heavy (non-hydrogen) atoms. The van der Waals surface area contributed by atoms with Gasteiger partial charge in [0.25, 0.3) is 0 Å². The van der Waals surface area contributed by atoms with Crippen LogP contribution in [0.4, 0.5) is 0 Å². The first-order valence-corrected chi connectivity index (χ1v) is 7.98. The molecule has 0 saturated heterocycles. The maximum Gasteiger partial charge on any atom is 0.343 e. The number of carbonyl (C=O) groups is 1. The number of nitrogens with zero attached hydrogens (tertiary/aromatic N) is 1. The van der Waals surface area contributed by atoms with Crippen molar-refractivity contribution in [1.29, 1.82) is 0 Å². The van der Waals surface area contributed by atoms with Crippen molar-refractivity contribution in [3.8, 4) is 5.75 Å². The summed E-state index contributed by atoms with van der Waals surface area (Å²) >= 11 is 0. The number of carbonyl (C=O) groups excluding carboxylic acids is 1. The van der Waals surface area contributed by atoms with E-state index >= 15 is 0 Å². The molecule has 4 heteroatoms. The average Bonchev–Trinajstić information content (AvgIpc) is 2.68. The Morgan fingerprint density at radius 2 is 1.52 bits per heavy atom. The van der Waals surface area contributed by atoms with Crippen molar-refractivity contribution in [3.63, 3.8) is 0 Å². The first-order chi connectivity index (χ1) is 12.3. The van der Waals surface area contributed by atoms with Gasteiger partial charge in [-0.05, 0) is 47.5 Å². The van der Waals surface area contributed by atoms with E-state index in [0.717, 1.165) is 5.56 Å². The highest BCUT2D eigenvalue weighted by Crippen LogP contribution is 2.13. The van der Waals surface area contributed by atoms with Gasteiger partial charge in [0.1, 0.15) is 5.75 Å². The first-order valence-electron chi connectivity index (χ1n) is 7.98. The number of hydrazone groups is 1. The molecule has 3 aromatic rings. The molecular formula is C21H18N2O2. The minimum atomic E-state index is -0.369. The molecule has 0 bridgehead atoms. The fraction of sp³-hybridized carbons (Fsp3) is 0.0476. The summed E-state index contributed by atoms with van der Waals surface area (Å²) in [7, 11) is 0. The van der Waals surface area contributed by atoms with E-state index in [2.05, 4.69) is 10.5 Å². The summed E-state index contributed by atoms with van der Waals surface area (Å²) in [5.41, 5.74) is 5.61. The molecule has 124 valence electrons. The van der Waals surface area contributed by atoms with Crippen molar-refractivity contribution in [2.75, 3.05) is 0 Å². The average molecular weight is 330 g/mol. The van der Waals surface area contributed by atoms with Crippen LogP contribution < -0.4 is 10.2 Å². The van der Waals surface area contributed by atoms with E-state index in [9.17, 15) is 4.79 Å². The van der Waals surface area contributed by atoms with E-state index in [1.165, 1.54) is 5.56 Å². The highest BCUT2D eigenvalue weighted by Gasteiger charge is 2.07. The molecule has 0 saturated carbocycles. The lowest BCUT2D eigenvalue weighted by Crippen LogP contribution is -2.08. The van der Waals surface area contributed by atoms with Crippen LogP contribution in [0.1, 0.15) is 21.5 Å². The Balaban J connectivity index is 1.52. The molecule has 0 heterocycles. The lowest BCUT2D eigenvalue weighted by molar-refractivity contribution is 0.0735. The van der Waals surface area contributed by atoms with E-state index < -0.39 is 0 Å². The van der Waals surface area contributed by atoms with Gasteiger partial charge in [0.15, 0.2) is 0 Å². The zero-order valence-electron chi connectivity index (χ0n) is 13.6. The molecule has 4 nitrogen and oxygen atoms in total. The zero-order valence-corrected chi connectivity index (χ0v) is 13.6. The molecule has 0 spiro atoms. The predicted molar refractivity (Wildman–Crippen MR) is 98.7 cm³/mol. The highest BCUT2D eigenvalue weighted by molar-refractivity contribution is 5.91. The summed E-state index contributed by atoms with van der Waals surface area (Å²) in [6.07, 6.45) is 1.73. The first kappa shape index (κ1) is 16.5. The molecule has 0 amide bonds. The van der Waals surface area contributed by atoms with Crippen LogP contribution in [0.3, 0.4) is 0 Å². The number of esters is 1. The maximum atomic E-state index is 12.0. The van der Waals surface area contributed by atoms with Gasteiger partial charge in [-0.15, -0.1) is 0 Å². The molecule has 0 aliphatic carbocycles. The highest BCUT2D eigenvalue weighted by atomic mass is 16.5. The van der Waals surface area contributed by atoms with Gasteiger partial charge in [-0.1, -0.05) is 48.5 Å². The SMILES string of the molecule is O=C(Oc1ccc(C=NNCc2ccccc2)cc1)c1ccccc1. The monoisotopic (exact) mass is 330 g/mol. The molecular weight excluding hydrogens is 312 g/mol. The minimum Gasteiger partial charge on any atom is -0.423 e. The third-order valence-corrected chi connectivity index (χ3v) is 3.53. The summed E-state index contributed by atoms with van der Waals surface area (Å²) in [4.78, 5) is 12.0. The van der Waals surface area contributed by atoms with Crippen LogP contribution in [-0.4, -0.2) is 12.2 Å². The van der Waals surface area contributed by atoms with E-state index in [-0.39, 0.29) is 5.97 Å². The second-order valence-corrected chi connectivity index (χ2v) is 5.40. The van der Waals surface area contributed by atoms with E-state index in [4.69, 9.17) is 4.74 Å². The molecule has 0 aromatic heterocycles. The fourth-order valence-corrected chi connectivity index (χ4v) is 2.22. The smallest absolute Gasteiger partial charge is 0.343 e. The van der Waals surface area contributed by atoms with Crippen molar-refractivity contribution >= 4 is 12.2 Å². The summed E-state index contributed by atoms with van der Waals surface area (Å²) in [5, 5.41) is 4.19. The van der Waals surface area contributed by atoms with Crippen LogP contribution in [0.25, 0.3) is 0 Å². The van der Waals surface area contributed by atoms with Crippen molar-refractivity contribution < 1.29 is 9.53 Å². The molecule has 1 N–H and O–H groups in total. The Kier molecular flexibility index (Phi) is 5.56. The molecule has 0 unspecified atom stereocenters. The van der Waals surface area contributed by atoms with Crippen LogP contribution in [0.2, 0.25) is 0 Å². The number of nitrogens with one attached hydrogen (secondary N) is 1. The molecule has 3 aromatic carbocycles. The van der Waals surface area contributed by atoms with Crippen LogP contribution >= 0.6 is 0 Å². The van der Waals surface area contributed by atoms with Crippen LogP contribution in [0.5, 0.6) is 5.75 Å². The maximum absolute atomic E-state index is 12.0. The second-order valence-electron chi connectivity index (χ2n) is 5.40. The van der Waals surface area contributed by atoms with Gasteiger partial charge in [-0.2, -0.15) is 5.10 Å². The summed E-state index contributed by atoms with van der Waals surface area (Å²) in [6.45, 7) is 0.671. The number of hydrogen-bond donors (Lipinski definition) is 1. The number of hydrogen-bond acceptors (Lipinski definition) is 4. The van der Waals surface area contributed by atoms with Gasteiger partial charge in [-0.3, -0.25) is 0 Å². The van der Waals surface area contributed by atoms with Gasteiger partial charge in [0, 0.05) is 0 Å². The molecule has 0 aliphatic heterocycles. The lowest BCUT2D eigenvalue weighted by Gasteiger charge is -2.04. The Bertz CT molecular complexity index is 829. The van der Waals surface area contributed by atoms with Crippen molar-refractivity contribution in [2.45, 2.75) is 6.54 Å². The van der Waals surface area contributed by atoms with E-state index in [0.29, 0.717) is 17.9 Å². The predicted octanol–water partition coefficient (Wildman–Crippen LogP) is 4.03. The Morgan fingerprint density at radius 3 is 2.20 bits per heavy atom. The molecule has 0 radical (unpaired) electrons. The van der Waals surface area contributed by atoms with E-state index in [1.54, 1.807) is 42.6 Å². The Morgan fingerprint density at radius 1 is 0.880 bits per heavy atom. The Hall–Kier alpha value is -3.40. The Labute approximate surface area is 146 Å². The third-order valence-electron chi connectivity index (χ3n) is 3.53. The largest absolute Gasteiger partial charge is 0.423 e. The van der Waals surface area contributed by atoms with Crippen molar-refractivity contribution in [2.24, 2.45) is 5.10 Å². The number of ether oxygens (including phenoxy) is 1. The topological polar surface area (TPSA) is 50.7 Å². The summed E-state index contributed by atoms with van der Waals surface area (Å²) < 4.78 is 5.34. The third kappa shape index (κ3) is 5.04. The fourth-order valence-electron chi connectivity index (χ4n) is 2.22. The molecule has 0 fully saturated rings. The van der Waals surface area contributed by atoms with Gasteiger partial charge in [0.05, 0.1) is 18.3 Å². The quantitative estimate of drug-likeness (QED) is 0.321. The second kappa shape index (κ2) is 8.45. The summed E-state index contributed by atoms with van der Waals surface area (Å²) in [6, 6.07) is 26.2. The van der Waals surface area contributed by atoms with Gasteiger partial charge >= 0.3 is 5.97 Å². The number of rotatable bonds is 6. The molecule has 0 aliphatic rings. The minimum absolute atomic E-state index is 0.369. The molecule has 0 atom stereocenters. The van der Waals surface area contributed by atoms with Crippen LogP contribution in [0.15, 0.2) is 90.0 Å². The normalized spacial score (nSPS) is 10.6. The molecule has 3 rings (SSSR count). The van der Waals surface area contributed by atoms with E-state index in [1.807, 2.05) is 48.5 Å². The van der Waals surface area contributed by atoms with Crippen molar-refractivity contribution in [1.82, 2.24) is 5.43 Å². The zero-order chi connectivity index (χ0) is 17.3. The van der Waals surface area contributed by atoms with Crippen molar-refractivity contribution in [3.05, 3.63) is 102 Å².